The molecule has 7 heteroatoms. The van der Waals surface area contributed by atoms with E-state index in [1.54, 1.807) is 0 Å². The molecule has 21 heavy (non-hydrogen) atoms. The van der Waals surface area contributed by atoms with Crippen LogP contribution in [0.2, 0.25) is 0 Å². The average molecular weight is 296 g/mol. The van der Waals surface area contributed by atoms with Crippen molar-refractivity contribution < 1.29 is 14.6 Å². The molecular weight excluding hydrogens is 272 g/mol. The zero-order valence-electron chi connectivity index (χ0n) is 12.7. The number of anilines is 2. The van der Waals surface area contributed by atoms with Gasteiger partial charge in [0.2, 0.25) is 5.88 Å². The Morgan fingerprint density at radius 2 is 2.10 bits per heavy atom. The van der Waals surface area contributed by atoms with E-state index in [9.17, 15) is 0 Å². The molecule has 0 aromatic carbocycles. The first-order valence-electron chi connectivity index (χ1n) is 7.36. The lowest BCUT2D eigenvalue weighted by Crippen LogP contribution is -2.38. The van der Waals surface area contributed by atoms with E-state index in [0.29, 0.717) is 18.2 Å². The number of rotatable bonds is 6. The molecule has 0 atom stereocenters. The number of aliphatic hydroxyl groups excluding tert-OH is 1. The Hall–Kier alpha value is -1.60. The topological polar surface area (TPSA) is 93.7 Å². The Labute approximate surface area is 125 Å². The molecule has 2 rings (SSSR count). The van der Waals surface area contributed by atoms with Gasteiger partial charge in [0.05, 0.1) is 25.4 Å². The predicted octanol–water partition coefficient (Wildman–Crippen LogP) is 0.824. The van der Waals surface area contributed by atoms with Crippen molar-refractivity contribution in [2.75, 3.05) is 36.9 Å². The maximum atomic E-state index is 8.78. The van der Waals surface area contributed by atoms with Crippen LogP contribution in [0, 0.1) is 0 Å². The van der Waals surface area contributed by atoms with Crippen LogP contribution in [0.5, 0.6) is 5.88 Å². The van der Waals surface area contributed by atoms with Crippen molar-refractivity contribution in [1.29, 1.82) is 0 Å². The fraction of sp³-hybridized carbons (Fsp3) is 0.714. The van der Waals surface area contributed by atoms with Crippen molar-refractivity contribution in [2.45, 2.75) is 38.9 Å². The van der Waals surface area contributed by atoms with Crippen LogP contribution in [0.4, 0.5) is 11.5 Å². The normalized spacial score (nSPS) is 16.5. The largest absolute Gasteiger partial charge is 0.473 e. The van der Waals surface area contributed by atoms with Crippen LogP contribution in [-0.4, -0.2) is 53.6 Å². The molecule has 1 aromatic rings. The van der Waals surface area contributed by atoms with Gasteiger partial charge in [-0.1, -0.05) is 0 Å². The summed E-state index contributed by atoms with van der Waals surface area (Å²) in [7, 11) is 0. The average Bonchev–Trinajstić information content (AvgIpc) is 2.47. The molecule has 0 bridgehead atoms. The number of hydrogen-bond donors (Lipinski definition) is 2. The van der Waals surface area contributed by atoms with E-state index in [1.165, 1.54) is 6.33 Å². The lowest BCUT2D eigenvalue weighted by atomic mass is 10.1. The SMILES string of the molecule is CC(C)Oc1ncnc(N2CCC(OCCO)CC2)c1N. The maximum Gasteiger partial charge on any atom is 0.242 e. The highest BCUT2D eigenvalue weighted by Crippen LogP contribution is 2.30. The number of hydrogen-bond acceptors (Lipinski definition) is 7. The van der Waals surface area contributed by atoms with Crippen LogP contribution in [0.3, 0.4) is 0 Å². The fourth-order valence-corrected chi connectivity index (χ4v) is 2.39. The van der Waals surface area contributed by atoms with Crippen LogP contribution >= 0.6 is 0 Å². The van der Waals surface area contributed by atoms with Gasteiger partial charge in [-0.3, -0.25) is 0 Å². The number of nitrogens with zero attached hydrogens (tertiary/aromatic N) is 3. The molecule has 0 unspecified atom stereocenters. The zero-order valence-corrected chi connectivity index (χ0v) is 12.7. The quantitative estimate of drug-likeness (QED) is 0.802. The van der Waals surface area contributed by atoms with E-state index in [0.717, 1.165) is 31.7 Å². The third kappa shape index (κ3) is 4.18. The smallest absolute Gasteiger partial charge is 0.242 e. The van der Waals surface area contributed by atoms with Crippen molar-refractivity contribution in [3.63, 3.8) is 0 Å². The van der Waals surface area contributed by atoms with E-state index in [2.05, 4.69) is 14.9 Å². The molecule has 1 aliphatic rings. The summed E-state index contributed by atoms with van der Waals surface area (Å²) in [6, 6.07) is 0. The number of ether oxygens (including phenoxy) is 2. The summed E-state index contributed by atoms with van der Waals surface area (Å²) in [6.45, 7) is 5.97. The van der Waals surface area contributed by atoms with Gasteiger partial charge < -0.3 is 25.2 Å². The van der Waals surface area contributed by atoms with Gasteiger partial charge in [-0.2, -0.15) is 4.98 Å². The number of nitrogens with two attached hydrogens (primary N) is 1. The van der Waals surface area contributed by atoms with Crippen LogP contribution in [-0.2, 0) is 4.74 Å². The molecule has 0 amide bonds. The molecule has 1 aromatic heterocycles. The second-order valence-corrected chi connectivity index (χ2v) is 5.36. The second kappa shape index (κ2) is 7.42. The number of aromatic nitrogens is 2. The third-order valence-electron chi connectivity index (χ3n) is 3.36. The van der Waals surface area contributed by atoms with Gasteiger partial charge in [-0.05, 0) is 26.7 Å². The molecular formula is C14H24N4O3. The zero-order chi connectivity index (χ0) is 15.2. The van der Waals surface area contributed by atoms with Crippen LogP contribution in [0.15, 0.2) is 6.33 Å². The van der Waals surface area contributed by atoms with Gasteiger partial charge in [0.1, 0.15) is 12.0 Å². The predicted molar refractivity (Wildman–Crippen MR) is 80.5 cm³/mol. The molecule has 118 valence electrons. The molecule has 1 fully saturated rings. The van der Waals surface area contributed by atoms with Gasteiger partial charge in [-0.25, -0.2) is 4.98 Å². The molecule has 0 radical (unpaired) electrons. The first-order chi connectivity index (χ1) is 10.1. The second-order valence-electron chi connectivity index (χ2n) is 5.36. The minimum atomic E-state index is 0.0210. The van der Waals surface area contributed by atoms with E-state index < -0.39 is 0 Å². The Kier molecular flexibility index (Phi) is 5.58. The molecule has 0 aliphatic carbocycles. The highest BCUT2D eigenvalue weighted by atomic mass is 16.5. The summed E-state index contributed by atoms with van der Waals surface area (Å²) < 4.78 is 11.2. The van der Waals surface area contributed by atoms with Crippen molar-refractivity contribution in [3.8, 4) is 5.88 Å². The molecule has 7 nitrogen and oxygen atoms in total. The highest BCUT2D eigenvalue weighted by Gasteiger charge is 2.23. The monoisotopic (exact) mass is 296 g/mol. The van der Waals surface area contributed by atoms with Gasteiger partial charge in [0.15, 0.2) is 5.82 Å². The van der Waals surface area contributed by atoms with E-state index in [4.69, 9.17) is 20.3 Å². The first-order valence-corrected chi connectivity index (χ1v) is 7.36. The van der Waals surface area contributed by atoms with Gasteiger partial charge in [0, 0.05) is 13.1 Å². The Morgan fingerprint density at radius 1 is 1.38 bits per heavy atom. The van der Waals surface area contributed by atoms with E-state index >= 15 is 0 Å². The maximum absolute atomic E-state index is 8.78. The third-order valence-corrected chi connectivity index (χ3v) is 3.36. The van der Waals surface area contributed by atoms with Crippen molar-refractivity contribution in [3.05, 3.63) is 6.33 Å². The van der Waals surface area contributed by atoms with Crippen molar-refractivity contribution >= 4 is 11.5 Å². The summed E-state index contributed by atoms with van der Waals surface area (Å²) in [5.41, 5.74) is 6.61. The Bertz CT molecular complexity index is 448. The van der Waals surface area contributed by atoms with Crippen LogP contribution in [0.1, 0.15) is 26.7 Å². The molecule has 1 aliphatic heterocycles. The minimum Gasteiger partial charge on any atom is -0.473 e. The van der Waals surface area contributed by atoms with Gasteiger partial charge >= 0.3 is 0 Å². The number of piperidine rings is 1. The summed E-state index contributed by atoms with van der Waals surface area (Å²) in [4.78, 5) is 10.5. The molecule has 2 heterocycles. The van der Waals surface area contributed by atoms with Gasteiger partial charge in [0.25, 0.3) is 0 Å². The molecule has 1 saturated heterocycles. The van der Waals surface area contributed by atoms with Crippen molar-refractivity contribution in [2.24, 2.45) is 0 Å². The molecule has 3 N–H and O–H groups in total. The van der Waals surface area contributed by atoms with E-state index in [1.807, 2.05) is 13.8 Å². The van der Waals surface area contributed by atoms with Crippen LogP contribution in [0.25, 0.3) is 0 Å². The first kappa shape index (κ1) is 15.8. The Balaban J connectivity index is 2.00. The van der Waals surface area contributed by atoms with Gasteiger partial charge in [-0.15, -0.1) is 0 Å². The lowest BCUT2D eigenvalue weighted by molar-refractivity contribution is 0.0158. The highest BCUT2D eigenvalue weighted by molar-refractivity contribution is 5.67. The molecule has 0 saturated carbocycles. The fourth-order valence-electron chi connectivity index (χ4n) is 2.39. The standard InChI is InChI=1S/C14H24N4O3/c1-10(2)21-14-12(15)13(16-9-17-14)18-5-3-11(4-6-18)20-8-7-19/h9-11,19H,3-8,15H2,1-2H3. The minimum absolute atomic E-state index is 0.0210. The summed E-state index contributed by atoms with van der Waals surface area (Å²) in [6.07, 6.45) is 3.49. The molecule has 0 spiro atoms. The van der Waals surface area contributed by atoms with E-state index in [-0.39, 0.29) is 18.8 Å². The summed E-state index contributed by atoms with van der Waals surface area (Å²) >= 11 is 0. The number of nitrogen functional groups attached to an aromatic ring is 1. The Morgan fingerprint density at radius 3 is 2.71 bits per heavy atom. The summed E-state index contributed by atoms with van der Waals surface area (Å²) in [5, 5.41) is 8.78. The van der Waals surface area contributed by atoms with Crippen LogP contribution < -0.4 is 15.4 Å². The lowest BCUT2D eigenvalue weighted by Gasteiger charge is -2.33. The number of aliphatic hydroxyl groups is 1. The summed E-state index contributed by atoms with van der Waals surface area (Å²) in [5.74, 6) is 1.16. The van der Waals surface area contributed by atoms with Crippen molar-refractivity contribution in [1.82, 2.24) is 9.97 Å².